The lowest BCUT2D eigenvalue weighted by atomic mass is 9.79. The van der Waals surface area contributed by atoms with Crippen LogP contribution in [0.2, 0.25) is 0 Å². The second-order valence-corrected chi connectivity index (χ2v) is 6.49. The third kappa shape index (κ3) is 2.08. The molecular weight excluding hydrogens is 278 g/mol. The Morgan fingerprint density at radius 2 is 2.18 bits per heavy atom. The molecule has 2 saturated heterocycles. The van der Waals surface area contributed by atoms with E-state index in [-0.39, 0.29) is 11.3 Å². The SMILES string of the molecule is Cc1cccnc1N1CC2(CCN(C(=O)c3ccoc3)C2)C1. The van der Waals surface area contributed by atoms with Gasteiger partial charge in [0.1, 0.15) is 12.1 Å². The number of hydrogen-bond donors (Lipinski definition) is 0. The van der Waals surface area contributed by atoms with Gasteiger partial charge in [-0.05, 0) is 31.0 Å². The van der Waals surface area contributed by atoms with E-state index >= 15 is 0 Å². The standard InChI is InChI=1S/C17H19N3O2/c1-13-3-2-6-18-15(13)20-11-17(12-20)5-7-19(10-17)16(21)14-4-8-22-9-14/h2-4,6,8-9H,5,7,10-12H2,1H3. The van der Waals surface area contributed by atoms with Crippen molar-refractivity contribution < 1.29 is 9.21 Å². The summed E-state index contributed by atoms with van der Waals surface area (Å²) in [5, 5.41) is 0. The van der Waals surface area contributed by atoms with Gasteiger partial charge in [0, 0.05) is 37.8 Å². The predicted octanol–water partition coefficient (Wildman–Crippen LogP) is 2.34. The van der Waals surface area contributed by atoms with E-state index in [1.807, 2.05) is 17.2 Å². The summed E-state index contributed by atoms with van der Waals surface area (Å²) < 4.78 is 5.01. The van der Waals surface area contributed by atoms with Crippen LogP contribution < -0.4 is 4.90 Å². The fraction of sp³-hybridized carbons (Fsp3) is 0.412. The minimum Gasteiger partial charge on any atom is -0.472 e. The summed E-state index contributed by atoms with van der Waals surface area (Å²) in [6.07, 6.45) is 5.99. The number of nitrogens with zero attached hydrogens (tertiary/aromatic N) is 3. The molecule has 5 heteroatoms. The van der Waals surface area contributed by atoms with Gasteiger partial charge in [0.05, 0.1) is 11.8 Å². The lowest BCUT2D eigenvalue weighted by Crippen LogP contribution is -2.58. The van der Waals surface area contributed by atoms with Gasteiger partial charge in [-0.2, -0.15) is 0 Å². The lowest BCUT2D eigenvalue weighted by molar-refractivity contribution is 0.0762. The van der Waals surface area contributed by atoms with Crippen LogP contribution in [0.3, 0.4) is 0 Å². The molecule has 22 heavy (non-hydrogen) atoms. The molecule has 114 valence electrons. The van der Waals surface area contributed by atoms with Gasteiger partial charge in [-0.25, -0.2) is 4.98 Å². The second kappa shape index (κ2) is 4.87. The molecule has 0 aromatic carbocycles. The minimum atomic E-state index is 0.0816. The Morgan fingerprint density at radius 1 is 1.32 bits per heavy atom. The first kappa shape index (κ1) is 13.4. The van der Waals surface area contributed by atoms with Crippen LogP contribution in [0.15, 0.2) is 41.3 Å². The van der Waals surface area contributed by atoms with Crippen LogP contribution in [0, 0.1) is 12.3 Å². The molecule has 0 unspecified atom stereocenters. The van der Waals surface area contributed by atoms with Crippen LogP contribution in [-0.2, 0) is 0 Å². The average Bonchev–Trinajstić information content (AvgIpc) is 3.15. The molecule has 0 bridgehead atoms. The first-order chi connectivity index (χ1) is 10.7. The zero-order valence-electron chi connectivity index (χ0n) is 12.7. The van der Waals surface area contributed by atoms with E-state index in [1.54, 1.807) is 12.3 Å². The maximum absolute atomic E-state index is 12.4. The van der Waals surface area contributed by atoms with Crippen LogP contribution in [0.5, 0.6) is 0 Å². The maximum Gasteiger partial charge on any atom is 0.257 e. The molecule has 1 amide bonds. The monoisotopic (exact) mass is 297 g/mol. The third-order valence-corrected chi connectivity index (χ3v) is 4.83. The smallest absolute Gasteiger partial charge is 0.257 e. The molecule has 4 rings (SSSR count). The van der Waals surface area contributed by atoms with Crippen LogP contribution in [0.4, 0.5) is 5.82 Å². The number of hydrogen-bond acceptors (Lipinski definition) is 4. The zero-order valence-corrected chi connectivity index (χ0v) is 12.7. The molecule has 5 nitrogen and oxygen atoms in total. The molecule has 2 aliphatic heterocycles. The molecule has 2 aromatic rings. The van der Waals surface area contributed by atoms with E-state index < -0.39 is 0 Å². The Morgan fingerprint density at radius 3 is 2.91 bits per heavy atom. The molecule has 1 spiro atoms. The number of amides is 1. The van der Waals surface area contributed by atoms with E-state index in [0.29, 0.717) is 5.56 Å². The molecule has 0 N–H and O–H groups in total. The van der Waals surface area contributed by atoms with Crippen molar-refractivity contribution in [3.63, 3.8) is 0 Å². The summed E-state index contributed by atoms with van der Waals surface area (Å²) in [6, 6.07) is 5.80. The van der Waals surface area contributed by atoms with Crippen molar-refractivity contribution in [1.82, 2.24) is 9.88 Å². The topological polar surface area (TPSA) is 49.6 Å². The molecule has 0 radical (unpaired) electrons. The number of pyridine rings is 1. The maximum atomic E-state index is 12.4. The second-order valence-electron chi connectivity index (χ2n) is 6.49. The van der Waals surface area contributed by atoms with Crippen LogP contribution >= 0.6 is 0 Å². The average molecular weight is 297 g/mol. The molecule has 2 aliphatic rings. The highest BCUT2D eigenvalue weighted by atomic mass is 16.3. The van der Waals surface area contributed by atoms with E-state index in [0.717, 1.165) is 38.4 Å². The summed E-state index contributed by atoms with van der Waals surface area (Å²) >= 11 is 0. The largest absolute Gasteiger partial charge is 0.472 e. The highest BCUT2D eigenvalue weighted by molar-refractivity contribution is 5.94. The normalized spacial score (nSPS) is 19.5. The predicted molar refractivity (Wildman–Crippen MR) is 82.8 cm³/mol. The van der Waals surface area contributed by atoms with E-state index in [2.05, 4.69) is 22.9 Å². The van der Waals surface area contributed by atoms with E-state index in [9.17, 15) is 4.79 Å². The number of likely N-dealkylation sites (tertiary alicyclic amines) is 1. The van der Waals surface area contributed by atoms with Crippen molar-refractivity contribution in [2.75, 3.05) is 31.1 Å². The van der Waals surface area contributed by atoms with E-state index in [1.165, 1.54) is 11.8 Å². The van der Waals surface area contributed by atoms with Crippen LogP contribution in [0.25, 0.3) is 0 Å². The van der Waals surface area contributed by atoms with Gasteiger partial charge in [-0.3, -0.25) is 4.79 Å². The zero-order chi connectivity index (χ0) is 15.2. The number of furan rings is 1. The van der Waals surface area contributed by atoms with Crippen molar-refractivity contribution in [3.8, 4) is 0 Å². The highest BCUT2D eigenvalue weighted by Crippen LogP contribution is 2.42. The van der Waals surface area contributed by atoms with Gasteiger partial charge in [0.2, 0.25) is 0 Å². The van der Waals surface area contributed by atoms with Gasteiger partial charge in [0.15, 0.2) is 0 Å². The molecule has 2 fully saturated rings. The Balaban J connectivity index is 1.42. The summed E-state index contributed by atoms with van der Waals surface area (Å²) in [5.41, 5.74) is 2.10. The van der Waals surface area contributed by atoms with Crippen molar-refractivity contribution in [1.29, 1.82) is 0 Å². The Labute approximate surface area is 129 Å². The Bertz CT molecular complexity index is 690. The van der Waals surface area contributed by atoms with Crippen LogP contribution in [-0.4, -0.2) is 42.0 Å². The molecule has 0 aliphatic carbocycles. The molecule has 0 saturated carbocycles. The number of carbonyl (C=O) groups is 1. The number of carbonyl (C=O) groups excluding carboxylic acids is 1. The third-order valence-electron chi connectivity index (χ3n) is 4.83. The summed E-state index contributed by atoms with van der Waals surface area (Å²) in [4.78, 5) is 21.1. The quantitative estimate of drug-likeness (QED) is 0.853. The van der Waals surface area contributed by atoms with Crippen molar-refractivity contribution in [3.05, 3.63) is 48.0 Å². The van der Waals surface area contributed by atoms with Gasteiger partial charge in [0.25, 0.3) is 5.91 Å². The van der Waals surface area contributed by atoms with E-state index in [4.69, 9.17) is 4.42 Å². The minimum absolute atomic E-state index is 0.0816. The number of aryl methyl sites for hydroxylation is 1. The molecule has 2 aromatic heterocycles. The highest BCUT2D eigenvalue weighted by Gasteiger charge is 2.49. The van der Waals surface area contributed by atoms with Crippen molar-refractivity contribution in [2.24, 2.45) is 5.41 Å². The number of rotatable bonds is 2. The fourth-order valence-corrected chi connectivity index (χ4v) is 3.66. The first-order valence-corrected chi connectivity index (χ1v) is 7.65. The summed E-state index contributed by atoms with van der Waals surface area (Å²) in [6.45, 7) is 5.73. The Hall–Kier alpha value is -2.30. The molecular formula is C17H19N3O2. The summed E-state index contributed by atoms with van der Waals surface area (Å²) in [5.74, 6) is 1.16. The van der Waals surface area contributed by atoms with Crippen molar-refractivity contribution >= 4 is 11.7 Å². The number of anilines is 1. The fourth-order valence-electron chi connectivity index (χ4n) is 3.66. The molecule has 4 heterocycles. The Kier molecular flexibility index (Phi) is 2.96. The van der Waals surface area contributed by atoms with Gasteiger partial charge in [-0.15, -0.1) is 0 Å². The first-order valence-electron chi connectivity index (χ1n) is 7.65. The lowest BCUT2D eigenvalue weighted by Gasteiger charge is -2.49. The van der Waals surface area contributed by atoms with Crippen molar-refractivity contribution in [2.45, 2.75) is 13.3 Å². The summed E-state index contributed by atoms with van der Waals surface area (Å²) in [7, 11) is 0. The van der Waals surface area contributed by atoms with Gasteiger partial charge in [-0.1, -0.05) is 6.07 Å². The van der Waals surface area contributed by atoms with Gasteiger partial charge >= 0.3 is 0 Å². The van der Waals surface area contributed by atoms with Crippen LogP contribution in [0.1, 0.15) is 22.3 Å². The van der Waals surface area contributed by atoms with Gasteiger partial charge < -0.3 is 14.2 Å². The molecule has 0 atom stereocenters. The number of aromatic nitrogens is 1.